The number of rotatable bonds is 5. The molecule has 1 aliphatic heterocycles. The second-order valence-corrected chi connectivity index (χ2v) is 9.41. The van der Waals surface area contributed by atoms with Gasteiger partial charge in [-0.1, -0.05) is 18.2 Å². The number of piperidine rings is 1. The lowest BCUT2D eigenvalue weighted by atomic mass is 10.0. The first-order valence-electron chi connectivity index (χ1n) is 12.1. The van der Waals surface area contributed by atoms with Crippen LogP contribution in [0.5, 0.6) is 5.75 Å². The molecule has 0 spiro atoms. The number of hydrogen-bond acceptors (Lipinski definition) is 6. The molecule has 0 radical (unpaired) electrons. The van der Waals surface area contributed by atoms with Gasteiger partial charge in [-0.25, -0.2) is 9.78 Å². The van der Waals surface area contributed by atoms with Crippen molar-refractivity contribution in [1.82, 2.24) is 19.0 Å². The maximum atomic E-state index is 13.5. The largest absolute Gasteiger partial charge is 0.494 e. The molecule has 10 nitrogen and oxygen atoms in total. The van der Waals surface area contributed by atoms with E-state index in [1.807, 2.05) is 0 Å². The Morgan fingerprint density at radius 1 is 1.21 bits per heavy atom. The lowest BCUT2D eigenvalue weighted by Gasteiger charge is -2.35. The van der Waals surface area contributed by atoms with Crippen LogP contribution in [0.15, 0.2) is 42.5 Å². The average Bonchev–Trinajstić information content (AvgIpc) is 3.40. The molecule has 2 atom stereocenters. The Kier molecular flexibility index (Phi) is 6.62. The monoisotopic (exact) mass is 545 g/mol. The zero-order valence-electron chi connectivity index (χ0n) is 21.1. The van der Waals surface area contributed by atoms with Gasteiger partial charge in [-0.05, 0) is 30.7 Å². The highest BCUT2D eigenvalue weighted by molar-refractivity contribution is 6.00. The quantitative estimate of drug-likeness (QED) is 0.396. The summed E-state index contributed by atoms with van der Waals surface area (Å²) >= 11 is 0. The first-order chi connectivity index (χ1) is 18.5. The summed E-state index contributed by atoms with van der Waals surface area (Å²) < 4.78 is 53.9. The molecule has 2 unspecified atom stereocenters. The maximum absolute atomic E-state index is 13.5. The van der Waals surface area contributed by atoms with Crippen LogP contribution in [-0.2, 0) is 18.3 Å². The van der Waals surface area contributed by atoms with E-state index in [-0.39, 0.29) is 36.6 Å². The maximum Gasteiger partial charge on any atom is 0.406 e. The molecule has 4 aromatic rings. The number of aliphatic hydroxyl groups excluding tert-OH is 1. The summed E-state index contributed by atoms with van der Waals surface area (Å²) in [7, 11) is 3.09. The summed E-state index contributed by atoms with van der Waals surface area (Å²) in [5.74, 6) is 0.153. The molecule has 5 rings (SSSR count). The van der Waals surface area contributed by atoms with Crippen LogP contribution in [0.25, 0.3) is 33.5 Å². The fraction of sp³-hybridized carbons (Fsp3) is 0.346. The van der Waals surface area contributed by atoms with E-state index in [1.165, 1.54) is 28.7 Å². The SMILES string of the molecule is COc1cc(C(=O)N2CCC(O)C(OC(N)=O)C2)cc2nc(-c3cc4ccccc4n3CC(F)(F)F)n(C)c12. The number of carbonyl (C=O) groups excluding carboxylic acids is 2. The number of aromatic nitrogens is 3. The normalized spacial score (nSPS) is 18.1. The summed E-state index contributed by atoms with van der Waals surface area (Å²) in [4.78, 5) is 30.6. The van der Waals surface area contributed by atoms with Crippen molar-refractivity contribution >= 4 is 33.9 Å². The van der Waals surface area contributed by atoms with E-state index in [2.05, 4.69) is 4.98 Å². The summed E-state index contributed by atoms with van der Waals surface area (Å²) in [6.07, 6.45) is -7.26. The van der Waals surface area contributed by atoms with Crippen molar-refractivity contribution in [2.45, 2.75) is 31.3 Å². The molecule has 2 amide bonds. The number of imidazole rings is 1. The highest BCUT2D eigenvalue weighted by atomic mass is 19.4. The summed E-state index contributed by atoms with van der Waals surface area (Å²) in [6.45, 7) is -1.05. The van der Waals surface area contributed by atoms with Gasteiger partial charge in [0.15, 0.2) is 5.82 Å². The van der Waals surface area contributed by atoms with Gasteiger partial charge in [0.05, 0.1) is 31.0 Å². The molecule has 1 aliphatic rings. The van der Waals surface area contributed by atoms with Gasteiger partial charge >= 0.3 is 12.3 Å². The lowest BCUT2D eigenvalue weighted by Crippen LogP contribution is -2.51. The fourth-order valence-electron chi connectivity index (χ4n) is 5.10. The van der Waals surface area contributed by atoms with Crippen molar-refractivity contribution in [2.24, 2.45) is 12.8 Å². The van der Waals surface area contributed by atoms with Gasteiger partial charge in [-0.3, -0.25) is 4.79 Å². The average molecular weight is 546 g/mol. The smallest absolute Gasteiger partial charge is 0.406 e. The Hall–Kier alpha value is -4.26. The number of hydrogen-bond donors (Lipinski definition) is 2. The molecule has 2 aromatic carbocycles. The Labute approximate surface area is 220 Å². The van der Waals surface area contributed by atoms with E-state index in [0.29, 0.717) is 27.7 Å². The highest BCUT2D eigenvalue weighted by Crippen LogP contribution is 2.36. The van der Waals surface area contributed by atoms with Gasteiger partial charge in [-0.15, -0.1) is 0 Å². The number of likely N-dealkylation sites (tertiary alicyclic amines) is 1. The van der Waals surface area contributed by atoms with Crippen LogP contribution >= 0.6 is 0 Å². The third-order valence-electron chi connectivity index (χ3n) is 6.86. The van der Waals surface area contributed by atoms with Crippen LogP contribution in [0, 0.1) is 0 Å². The number of nitrogens with two attached hydrogens (primary N) is 1. The highest BCUT2D eigenvalue weighted by Gasteiger charge is 2.34. The molecule has 1 saturated heterocycles. The molecule has 0 aliphatic carbocycles. The van der Waals surface area contributed by atoms with Crippen molar-refractivity contribution < 1.29 is 37.3 Å². The summed E-state index contributed by atoms with van der Waals surface area (Å²) in [5, 5.41) is 10.8. The lowest BCUT2D eigenvalue weighted by molar-refractivity contribution is -0.139. The van der Waals surface area contributed by atoms with E-state index < -0.39 is 36.9 Å². The standard InChI is InChI=1S/C26H26F3N5O5/c1-32-22-16(31-23(32)18-10-14-5-3-4-6-17(14)34(18)13-26(27,28)29)9-15(11-20(22)38-2)24(36)33-8-7-19(35)21(12-33)39-25(30)37/h3-6,9-11,19,21,35H,7-8,12-13H2,1-2H3,(H2,30,37). The predicted molar refractivity (Wildman–Crippen MR) is 135 cm³/mol. The first-order valence-corrected chi connectivity index (χ1v) is 12.1. The van der Waals surface area contributed by atoms with Crippen molar-refractivity contribution in [2.75, 3.05) is 20.2 Å². The molecule has 1 fully saturated rings. The molecule has 3 heterocycles. The Morgan fingerprint density at radius 2 is 1.95 bits per heavy atom. The number of amides is 2. The van der Waals surface area contributed by atoms with Crippen LogP contribution in [-0.4, -0.2) is 74.7 Å². The molecule has 0 saturated carbocycles. The van der Waals surface area contributed by atoms with Crippen LogP contribution in [0.2, 0.25) is 0 Å². The van der Waals surface area contributed by atoms with E-state index >= 15 is 0 Å². The van der Waals surface area contributed by atoms with E-state index in [4.69, 9.17) is 15.2 Å². The summed E-state index contributed by atoms with van der Waals surface area (Å²) in [5.41, 5.74) is 6.83. The minimum atomic E-state index is -4.46. The van der Waals surface area contributed by atoms with Gasteiger partial charge in [0.25, 0.3) is 5.91 Å². The predicted octanol–water partition coefficient (Wildman–Crippen LogP) is 3.44. The van der Waals surface area contributed by atoms with Crippen molar-refractivity contribution in [3.05, 3.63) is 48.0 Å². The van der Waals surface area contributed by atoms with E-state index in [9.17, 15) is 27.9 Å². The second kappa shape index (κ2) is 9.80. The van der Waals surface area contributed by atoms with Crippen molar-refractivity contribution in [3.8, 4) is 17.3 Å². The van der Waals surface area contributed by atoms with Gasteiger partial charge in [0.1, 0.15) is 23.9 Å². The third kappa shape index (κ3) is 4.97. The third-order valence-corrected chi connectivity index (χ3v) is 6.86. The van der Waals surface area contributed by atoms with Crippen LogP contribution in [0.1, 0.15) is 16.8 Å². The second-order valence-electron chi connectivity index (χ2n) is 9.41. The molecule has 2 aromatic heterocycles. The Morgan fingerprint density at radius 3 is 2.64 bits per heavy atom. The fourth-order valence-corrected chi connectivity index (χ4v) is 5.10. The topological polar surface area (TPSA) is 125 Å². The number of carbonyl (C=O) groups is 2. The molecular formula is C26H26F3N5O5. The van der Waals surface area contributed by atoms with Crippen LogP contribution < -0.4 is 10.5 Å². The van der Waals surface area contributed by atoms with Crippen molar-refractivity contribution in [1.29, 1.82) is 0 Å². The molecular weight excluding hydrogens is 519 g/mol. The van der Waals surface area contributed by atoms with Gasteiger partial charge in [-0.2, -0.15) is 13.2 Å². The van der Waals surface area contributed by atoms with Gasteiger partial charge < -0.3 is 34.3 Å². The number of benzene rings is 2. The number of aryl methyl sites for hydroxylation is 1. The number of fused-ring (bicyclic) bond motifs is 2. The number of alkyl halides is 3. The molecule has 206 valence electrons. The number of aliphatic hydroxyl groups is 1. The number of methoxy groups -OCH3 is 1. The number of primary amides is 1. The zero-order valence-corrected chi connectivity index (χ0v) is 21.1. The minimum Gasteiger partial charge on any atom is -0.494 e. The minimum absolute atomic E-state index is 0.0612. The number of nitrogens with zero attached hydrogens (tertiary/aromatic N) is 4. The number of halogens is 3. The number of ether oxygens (including phenoxy) is 2. The van der Waals surface area contributed by atoms with Crippen molar-refractivity contribution in [3.63, 3.8) is 0 Å². The van der Waals surface area contributed by atoms with E-state index in [0.717, 1.165) is 0 Å². The zero-order chi connectivity index (χ0) is 28.1. The molecule has 13 heteroatoms. The Balaban J connectivity index is 1.58. The summed E-state index contributed by atoms with van der Waals surface area (Å²) in [6, 6.07) is 11.5. The van der Waals surface area contributed by atoms with Gasteiger partial charge in [0, 0.05) is 30.1 Å². The van der Waals surface area contributed by atoms with Crippen LogP contribution in [0.4, 0.5) is 18.0 Å². The van der Waals surface area contributed by atoms with E-state index in [1.54, 1.807) is 41.9 Å². The molecule has 3 N–H and O–H groups in total. The van der Waals surface area contributed by atoms with Crippen LogP contribution in [0.3, 0.4) is 0 Å². The van der Waals surface area contributed by atoms with Gasteiger partial charge in [0.2, 0.25) is 0 Å². The Bertz CT molecular complexity index is 1580. The molecule has 0 bridgehead atoms. The molecule has 39 heavy (non-hydrogen) atoms. The number of para-hydroxylation sites is 1. The first kappa shape index (κ1) is 26.4.